The zero-order valence-electron chi connectivity index (χ0n) is 49.1. The number of pyridine rings is 1. The molecule has 19 heteroatoms. The Morgan fingerprint density at radius 1 is 0.542 bits per heavy atom. The number of rotatable bonds is 31. The van der Waals surface area contributed by atoms with E-state index in [4.69, 9.17) is 5.73 Å². The van der Waals surface area contributed by atoms with Gasteiger partial charge in [-0.3, -0.25) is 24.0 Å². The molecule has 0 aliphatic rings. The van der Waals surface area contributed by atoms with Gasteiger partial charge in [0.2, 0.25) is 23.6 Å². The minimum Gasteiger partial charge on any atom is -0.370 e. The van der Waals surface area contributed by atoms with E-state index in [9.17, 15) is 28.8 Å². The van der Waals surface area contributed by atoms with E-state index in [2.05, 4.69) is 80.3 Å². The number of nitrogens with zero attached hydrogens (tertiary/aromatic N) is 3. The number of hydrogen-bond donors (Lipinski definition) is 9. The number of unbranched alkanes of at least 4 members (excludes halogenated alkanes) is 2. The Morgan fingerprint density at radius 3 is 1.55 bits per heavy atom. The van der Waals surface area contributed by atoms with Crippen molar-refractivity contribution in [2.75, 3.05) is 23.7 Å². The van der Waals surface area contributed by atoms with E-state index in [1.165, 1.54) is 0 Å². The van der Waals surface area contributed by atoms with Crippen LogP contribution in [0.5, 0.6) is 0 Å². The van der Waals surface area contributed by atoms with Gasteiger partial charge >= 0.3 is 6.03 Å². The maximum atomic E-state index is 14.3. The number of nitrogens with two attached hydrogens (primary N) is 1. The SMILES string of the molecule is CC(C)CC(NC(=O)C(Cc1ccccc1)NC(=O)C(CC(C)C)NC(=O)C(Cc1ccccc1)NC(=O)NC(C)C)C(=O)NC(Cc1ccccc1)C(=O)CCCCN.CCCCNc1cc2c(Nc3cccc(Br)c3)ncnc2cn1. The highest BCUT2D eigenvalue weighted by Gasteiger charge is 2.34. The van der Waals surface area contributed by atoms with Crippen molar-refractivity contribution in [3.8, 4) is 0 Å². The fourth-order valence-electron chi connectivity index (χ4n) is 9.04. The normalized spacial score (nSPS) is 12.9. The van der Waals surface area contributed by atoms with Crippen LogP contribution in [0.15, 0.2) is 138 Å². The molecule has 0 saturated carbocycles. The lowest BCUT2D eigenvalue weighted by Crippen LogP contribution is -2.60. The van der Waals surface area contributed by atoms with Crippen molar-refractivity contribution in [1.29, 1.82) is 0 Å². The highest BCUT2D eigenvalue weighted by atomic mass is 79.9. The van der Waals surface area contributed by atoms with Crippen LogP contribution in [0.2, 0.25) is 0 Å². The average molecular weight is 1200 g/mol. The van der Waals surface area contributed by atoms with Gasteiger partial charge in [-0.25, -0.2) is 19.7 Å². The minimum atomic E-state index is -1.14. The van der Waals surface area contributed by atoms with Crippen molar-refractivity contribution in [3.05, 3.63) is 155 Å². The van der Waals surface area contributed by atoms with E-state index in [1.807, 2.05) is 163 Å². The summed E-state index contributed by atoms with van der Waals surface area (Å²) in [4.78, 5) is 95.9. The van der Waals surface area contributed by atoms with Crippen molar-refractivity contribution in [2.24, 2.45) is 17.6 Å². The number of hydrogen-bond acceptors (Lipinski definition) is 12. The van der Waals surface area contributed by atoms with Gasteiger partial charge < -0.3 is 48.3 Å². The molecule has 0 bridgehead atoms. The molecule has 2 heterocycles. The van der Waals surface area contributed by atoms with Gasteiger partial charge in [0.25, 0.3) is 0 Å². The summed E-state index contributed by atoms with van der Waals surface area (Å²) in [6.07, 6.45) is 8.21. The number of nitrogens with one attached hydrogen (secondary N) is 8. The molecule has 18 nitrogen and oxygen atoms in total. The van der Waals surface area contributed by atoms with E-state index < -0.39 is 59.9 Å². The molecule has 5 unspecified atom stereocenters. The molecule has 83 heavy (non-hydrogen) atoms. The third kappa shape index (κ3) is 23.9. The second-order valence-electron chi connectivity index (χ2n) is 21.8. The fourth-order valence-corrected chi connectivity index (χ4v) is 9.44. The molecule has 6 rings (SSSR count). The smallest absolute Gasteiger partial charge is 0.315 e. The van der Waals surface area contributed by atoms with Crippen LogP contribution in [0.25, 0.3) is 10.9 Å². The number of anilines is 3. The Hall–Kier alpha value is -7.77. The van der Waals surface area contributed by atoms with Crippen LogP contribution in [-0.2, 0) is 43.2 Å². The molecule has 6 amide bonds. The Bertz CT molecular complexity index is 2970. The first-order valence-corrected chi connectivity index (χ1v) is 29.7. The van der Waals surface area contributed by atoms with E-state index in [0.29, 0.717) is 19.4 Å². The van der Waals surface area contributed by atoms with E-state index in [-0.39, 0.29) is 62.2 Å². The van der Waals surface area contributed by atoms with Gasteiger partial charge in [0.15, 0.2) is 5.78 Å². The molecule has 10 N–H and O–H groups in total. The second-order valence-corrected chi connectivity index (χ2v) is 22.8. The number of aromatic nitrogens is 3. The highest BCUT2D eigenvalue weighted by Crippen LogP contribution is 2.26. The zero-order valence-corrected chi connectivity index (χ0v) is 50.6. The van der Waals surface area contributed by atoms with Gasteiger partial charge in [0, 0.05) is 47.4 Å². The summed E-state index contributed by atoms with van der Waals surface area (Å²) in [6, 6.07) is 32.1. The Labute approximate surface area is 498 Å². The molecular formula is C64H85BrN12O6. The van der Waals surface area contributed by atoms with Crippen molar-refractivity contribution >= 4 is 79.6 Å². The van der Waals surface area contributed by atoms with Crippen molar-refractivity contribution in [2.45, 2.75) is 149 Å². The van der Waals surface area contributed by atoms with Gasteiger partial charge in [-0.1, -0.05) is 154 Å². The third-order valence-electron chi connectivity index (χ3n) is 13.2. The quantitative estimate of drug-likeness (QED) is 0.0185. The summed E-state index contributed by atoms with van der Waals surface area (Å²) in [5.74, 6) is -0.789. The summed E-state index contributed by atoms with van der Waals surface area (Å²) in [7, 11) is 0. The zero-order chi connectivity index (χ0) is 60.1. The van der Waals surface area contributed by atoms with Gasteiger partial charge in [-0.2, -0.15) is 0 Å². The third-order valence-corrected chi connectivity index (χ3v) is 13.7. The first kappa shape index (κ1) is 66.0. The molecule has 0 aliphatic heterocycles. The highest BCUT2D eigenvalue weighted by molar-refractivity contribution is 9.10. The Morgan fingerprint density at radius 2 is 1.05 bits per heavy atom. The molecule has 4 aromatic carbocycles. The number of carbonyl (C=O) groups is 6. The number of fused-ring (bicyclic) bond motifs is 1. The second kappa shape index (κ2) is 35.3. The lowest BCUT2D eigenvalue weighted by Gasteiger charge is -2.28. The molecule has 2 aromatic heterocycles. The maximum absolute atomic E-state index is 14.3. The van der Waals surface area contributed by atoms with Crippen LogP contribution < -0.4 is 48.3 Å². The number of ketones is 1. The Balaban J connectivity index is 0.000000451. The first-order valence-electron chi connectivity index (χ1n) is 28.9. The number of Topliss-reactive ketones (excluding diaryl/α,β-unsaturated/α-hetero) is 1. The molecule has 444 valence electrons. The maximum Gasteiger partial charge on any atom is 0.315 e. The molecular weight excluding hydrogens is 1110 g/mol. The number of urea groups is 1. The summed E-state index contributed by atoms with van der Waals surface area (Å²) in [5.41, 5.74) is 9.92. The van der Waals surface area contributed by atoms with Crippen molar-refractivity contribution in [1.82, 2.24) is 46.9 Å². The van der Waals surface area contributed by atoms with Crippen LogP contribution in [-0.4, -0.2) is 99.7 Å². The number of amides is 6. The lowest BCUT2D eigenvalue weighted by molar-refractivity contribution is -0.135. The van der Waals surface area contributed by atoms with Gasteiger partial charge in [-0.05, 0) is 112 Å². The number of carbonyl (C=O) groups excluding carboxylic acids is 6. The van der Waals surface area contributed by atoms with E-state index in [1.54, 1.807) is 12.5 Å². The molecule has 0 fully saturated rings. The molecule has 5 atom stereocenters. The van der Waals surface area contributed by atoms with Gasteiger partial charge in [-0.15, -0.1) is 0 Å². The van der Waals surface area contributed by atoms with Crippen LogP contribution >= 0.6 is 15.9 Å². The molecule has 0 saturated heterocycles. The van der Waals surface area contributed by atoms with Crippen molar-refractivity contribution in [3.63, 3.8) is 0 Å². The number of halogens is 1. The number of benzene rings is 4. The van der Waals surface area contributed by atoms with Crippen LogP contribution in [0.1, 0.15) is 110 Å². The molecule has 0 aliphatic carbocycles. The summed E-state index contributed by atoms with van der Waals surface area (Å²) in [5, 5.41) is 24.7. The molecule has 0 spiro atoms. The van der Waals surface area contributed by atoms with Crippen LogP contribution in [0.3, 0.4) is 0 Å². The van der Waals surface area contributed by atoms with Crippen LogP contribution in [0, 0.1) is 11.8 Å². The van der Waals surface area contributed by atoms with Gasteiger partial charge in [0.05, 0.1) is 17.8 Å². The topological polar surface area (TPSA) is 263 Å². The summed E-state index contributed by atoms with van der Waals surface area (Å²) >= 11 is 3.48. The molecule has 6 aromatic rings. The summed E-state index contributed by atoms with van der Waals surface area (Å²) < 4.78 is 1.02. The van der Waals surface area contributed by atoms with Crippen LogP contribution in [0.4, 0.5) is 22.1 Å². The minimum absolute atomic E-state index is 0.0123. The largest absolute Gasteiger partial charge is 0.370 e. The monoisotopic (exact) mass is 1200 g/mol. The van der Waals surface area contributed by atoms with Gasteiger partial charge in [0.1, 0.15) is 42.1 Å². The fraction of sp³-hybridized carbons (Fsp3) is 0.422. The predicted molar refractivity (Wildman–Crippen MR) is 334 cm³/mol. The predicted octanol–water partition coefficient (Wildman–Crippen LogP) is 9.26. The Kier molecular flexibility index (Phi) is 28.1. The lowest BCUT2D eigenvalue weighted by atomic mass is 9.97. The van der Waals surface area contributed by atoms with Crippen molar-refractivity contribution < 1.29 is 28.8 Å². The standard InChI is InChI=1S/C47H67N7O6.C17H18BrN5/c1-31(2)26-38(43(56)50-37(42(55)24-16-17-25-48)28-34-18-10-7-11-19-34)51-45(58)40(29-35-20-12-8-13-21-35)53-44(57)39(27-32(3)4)52-46(59)41(54-47(60)49-33(5)6)30-36-22-14-9-15-23-36;1-2-3-7-19-16-9-14-15(10-20-16)21-11-22-17(14)23-13-6-4-5-12(18)8-13/h7-15,18-23,31-33,37-41H,16-17,24-30,48H2,1-6H3,(H,50,56)(H,51,58)(H,52,59)(H,53,57)(H2,49,54,60);4-6,8-11H,2-3,7H2,1H3,(H,19,20)(H,21,22,23). The van der Waals surface area contributed by atoms with E-state index >= 15 is 0 Å². The summed E-state index contributed by atoms with van der Waals surface area (Å²) in [6.45, 7) is 14.9. The first-order chi connectivity index (χ1) is 39.9. The van der Waals surface area contributed by atoms with E-state index in [0.717, 1.165) is 68.8 Å². The average Bonchev–Trinajstić information content (AvgIpc) is 3.54. The molecule has 0 radical (unpaired) electrons.